The van der Waals surface area contributed by atoms with Crippen molar-refractivity contribution in [3.05, 3.63) is 93.8 Å². The van der Waals surface area contributed by atoms with Crippen LogP contribution in [0.15, 0.2) is 88.3 Å². The number of halogens is 1. The lowest BCUT2D eigenvalue weighted by Crippen LogP contribution is -2.16. The summed E-state index contributed by atoms with van der Waals surface area (Å²) in [7, 11) is 0. The molecule has 0 fully saturated rings. The van der Waals surface area contributed by atoms with E-state index < -0.39 is 0 Å². The zero-order valence-corrected chi connectivity index (χ0v) is 16.2. The van der Waals surface area contributed by atoms with E-state index in [0.29, 0.717) is 28.1 Å². The van der Waals surface area contributed by atoms with Crippen LogP contribution in [0.3, 0.4) is 0 Å². The van der Waals surface area contributed by atoms with Crippen molar-refractivity contribution in [2.24, 2.45) is 0 Å². The minimum absolute atomic E-state index is 0.116. The maximum atomic E-state index is 13.3. The minimum Gasteiger partial charge on any atom is -0.506 e. The number of phenolic OH excluding ortho intramolecular Hbond substituents is 1. The number of benzene rings is 3. The quantitative estimate of drug-likeness (QED) is 0.437. The number of para-hydroxylation sites is 3. The van der Waals surface area contributed by atoms with Gasteiger partial charge in [-0.15, -0.1) is 0 Å². The van der Waals surface area contributed by atoms with E-state index in [0.717, 1.165) is 10.0 Å². The molecule has 0 bridgehead atoms. The Hall–Kier alpha value is -3.38. The molecule has 28 heavy (non-hydrogen) atoms. The Labute approximate surface area is 168 Å². The average molecular weight is 432 g/mol. The number of phenols is 1. The summed E-state index contributed by atoms with van der Waals surface area (Å²) in [6, 6.07) is 22.0. The molecule has 0 aliphatic carbocycles. The molecule has 5 nitrogen and oxygen atoms in total. The summed E-state index contributed by atoms with van der Waals surface area (Å²) in [4.78, 5) is 18.0. The summed E-state index contributed by atoms with van der Waals surface area (Å²) in [5.41, 5.74) is 2.61. The Morgan fingerprint density at radius 1 is 0.893 bits per heavy atom. The summed E-state index contributed by atoms with van der Waals surface area (Å²) < 4.78 is 4.30. The molecule has 5 rings (SSSR count). The molecule has 0 saturated carbocycles. The van der Waals surface area contributed by atoms with Gasteiger partial charge in [0.05, 0.1) is 22.3 Å². The zero-order valence-electron chi connectivity index (χ0n) is 14.6. The molecule has 0 radical (unpaired) electrons. The highest BCUT2D eigenvalue weighted by atomic mass is 79.9. The van der Waals surface area contributed by atoms with E-state index in [2.05, 4.69) is 15.9 Å². The second-order valence-electron chi connectivity index (χ2n) is 6.45. The van der Waals surface area contributed by atoms with Gasteiger partial charge >= 0.3 is 0 Å². The first-order valence-corrected chi connectivity index (χ1v) is 9.50. The Morgan fingerprint density at radius 2 is 1.61 bits per heavy atom. The number of aromatic hydroxyl groups is 1. The molecule has 0 unspecified atom stereocenters. The lowest BCUT2D eigenvalue weighted by molar-refractivity contribution is 0.472. The van der Waals surface area contributed by atoms with Crippen molar-refractivity contribution >= 4 is 32.6 Å². The molecule has 2 aromatic heterocycles. The lowest BCUT2D eigenvalue weighted by atomic mass is 10.1. The monoisotopic (exact) mass is 431 g/mol. The third-order valence-corrected chi connectivity index (χ3v) is 5.28. The third kappa shape index (κ3) is 2.53. The fourth-order valence-electron chi connectivity index (χ4n) is 3.41. The van der Waals surface area contributed by atoms with E-state index in [9.17, 15) is 9.90 Å². The first-order chi connectivity index (χ1) is 13.6. The maximum absolute atomic E-state index is 13.3. The third-order valence-electron chi connectivity index (χ3n) is 4.75. The van der Waals surface area contributed by atoms with Gasteiger partial charge in [0.25, 0.3) is 5.56 Å². The fraction of sp³-hybridized carbons (Fsp3) is 0. The first kappa shape index (κ1) is 16.8. The minimum atomic E-state index is -0.146. The molecule has 0 amide bonds. The summed E-state index contributed by atoms with van der Waals surface area (Å²) in [5, 5.41) is 10.9. The Kier molecular flexibility index (Phi) is 3.80. The van der Waals surface area contributed by atoms with Gasteiger partial charge in [-0.2, -0.15) is 0 Å². The Balaban J connectivity index is 1.95. The highest BCUT2D eigenvalue weighted by Crippen LogP contribution is 2.29. The standard InChI is InChI=1S/C22H14BrN3O2/c23-15-11-9-14(10-12-15)19-13-25(18-7-3-4-8-20(18)27)22-24-17-6-2-1-5-16(17)21(28)26(19)22/h1-13,27H. The van der Waals surface area contributed by atoms with E-state index in [-0.39, 0.29) is 11.3 Å². The molecule has 0 aliphatic rings. The lowest BCUT2D eigenvalue weighted by Gasteiger charge is -2.07. The second kappa shape index (κ2) is 6.35. The number of nitrogens with zero attached hydrogens (tertiary/aromatic N) is 3. The second-order valence-corrected chi connectivity index (χ2v) is 7.37. The van der Waals surface area contributed by atoms with E-state index in [1.54, 1.807) is 33.2 Å². The molecular weight excluding hydrogens is 418 g/mol. The number of rotatable bonds is 2. The maximum Gasteiger partial charge on any atom is 0.267 e. The molecule has 1 N–H and O–H groups in total. The van der Waals surface area contributed by atoms with E-state index >= 15 is 0 Å². The SMILES string of the molecule is O=c1c2ccccc2nc2n(-c3ccccc3O)cc(-c3ccc(Br)cc3)n12. The number of fused-ring (bicyclic) bond motifs is 2. The summed E-state index contributed by atoms with van der Waals surface area (Å²) in [6.07, 6.45) is 1.83. The number of hydrogen-bond acceptors (Lipinski definition) is 3. The van der Waals surface area contributed by atoms with Crippen molar-refractivity contribution in [2.45, 2.75) is 0 Å². The van der Waals surface area contributed by atoms with Crippen molar-refractivity contribution in [1.29, 1.82) is 0 Å². The van der Waals surface area contributed by atoms with E-state index in [4.69, 9.17) is 4.98 Å². The summed E-state index contributed by atoms with van der Waals surface area (Å²) in [5.74, 6) is 0.563. The molecule has 136 valence electrons. The van der Waals surface area contributed by atoms with Gasteiger partial charge in [-0.25, -0.2) is 9.38 Å². The van der Waals surface area contributed by atoms with Crippen LogP contribution in [0.5, 0.6) is 5.75 Å². The molecule has 0 saturated heterocycles. The largest absolute Gasteiger partial charge is 0.506 e. The van der Waals surface area contributed by atoms with Crippen LogP contribution in [0.4, 0.5) is 0 Å². The van der Waals surface area contributed by atoms with Crippen molar-refractivity contribution < 1.29 is 5.11 Å². The molecule has 3 aromatic carbocycles. The van der Waals surface area contributed by atoms with E-state index in [1.165, 1.54) is 0 Å². The van der Waals surface area contributed by atoms with Crippen molar-refractivity contribution in [3.8, 4) is 22.7 Å². The van der Waals surface area contributed by atoms with Crippen LogP contribution in [-0.4, -0.2) is 19.1 Å². The van der Waals surface area contributed by atoms with Crippen molar-refractivity contribution in [2.75, 3.05) is 0 Å². The van der Waals surface area contributed by atoms with Crippen LogP contribution >= 0.6 is 15.9 Å². The number of hydrogen-bond donors (Lipinski definition) is 1. The van der Waals surface area contributed by atoms with Crippen LogP contribution in [0, 0.1) is 0 Å². The zero-order chi connectivity index (χ0) is 19.3. The molecule has 2 heterocycles. The number of aromatic nitrogens is 3. The molecule has 0 aliphatic heterocycles. The average Bonchev–Trinajstić information content (AvgIpc) is 3.09. The molecule has 5 aromatic rings. The topological polar surface area (TPSA) is 59.5 Å². The van der Waals surface area contributed by atoms with Crippen LogP contribution in [0.2, 0.25) is 0 Å². The van der Waals surface area contributed by atoms with Gasteiger partial charge in [0, 0.05) is 16.2 Å². The Morgan fingerprint density at radius 3 is 2.39 bits per heavy atom. The van der Waals surface area contributed by atoms with Gasteiger partial charge in [-0.05, 0) is 36.4 Å². The fourth-order valence-corrected chi connectivity index (χ4v) is 3.67. The van der Waals surface area contributed by atoms with Gasteiger partial charge in [-0.3, -0.25) is 9.36 Å². The van der Waals surface area contributed by atoms with Gasteiger partial charge in [0.2, 0.25) is 5.78 Å². The van der Waals surface area contributed by atoms with Gasteiger partial charge < -0.3 is 5.11 Å². The molecule has 6 heteroatoms. The van der Waals surface area contributed by atoms with Gasteiger partial charge in [0.1, 0.15) is 5.75 Å². The van der Waals surface area contributed by atoms with Gasteiger partial charge in [0.15, 0.2) is 0 Å². The smallest absolute Gasteiger partial charge is 0.267 e. The summed E-state index contributed by atoms with van der Waals surface area (Å²) in [6.45, 7) is 0. The van der Waals surface area contributed by atoms with Crippen LogP contribution < -0.4 is 5.56 Å². The first-order valence-electron chi connectivity index (χ1n) is 8.70. The van der Waals surface area contributed by atoms with Crippen LogP contribution in [0.25, 0.3) is 33.6 Å². The molecular formula is C22H14BrN3O2. The predicted octanol–water partition coefficient (Wildman–Crippen LogP) is 4.77. The van der Waals surface area contributed by atoms with Crippen molar-refractivity contribution in [3.63, 3.8) is 0 Å². The van der Waals surface area contributed by atoms with Crippen LogP contribution in [0.1, 0.15) is 0 Å². The summed E-state index contributed by atoms with van der Waals surface area (Å²) >= 11 is 3.45. The highest BCUT2D eigenvalue weighted by Gasteiger charge is 2.18. The van der Waals surface area contributed by atoms with Crippen LogP contribution in [-0.2, 0) is 0 Å². The Bertz CT molecular complexity index is 1400. The van der Waals surface area contributed by atoms with Crippen molar-refractivity contribution in [1.82, 2.24) is 14.0 Å². The highest BCUT2D eigenvalue weighted by molar-refractivity contribution is 9.10. The number of imidazole rings is 1. The van der Waals surface area contributed by atoms with Gasteiger partial charge in [-0.1, -0.05) is 52.3 Å². The predicted molar refractivity (Wildman–Crippen MR) is 113 cm³/mol. The molecule has 0 spiro atoms. The molecule has 0 atom stereocenters. The normalized spacial score (nSPS) is 11.3. The van der Waals surface area contributed by atoms with E-state index in [1.807, 2.05) is 54.7 Å².